The molecule has 37 heavy (non-hydrogen) atoms. The van der Waals surface area contributed by atoms with Crippen molar-refractivity contribution in [1.29, 1.82) is 0 Å². The molecule has 0 spiro atoms. The molecule has 212 valence electrons. The van der Waals surface area contributed by atoms with Crippen LogP contribution in [0, 0.1) is 28.6 Å². The molecule has 11 atom stereocenters. The van der Waals surface area contributed by atoms with Crippen molar-refractivity contribution < 1.29 is 35.4 Å². The summed E-state index contributed by atoms with van der Waals surface area (Å²) in [5.41, 5.74) is -4.22. The highest BCUT2D eigenvalue weighted by molar-refractivity contribution is 5.95. The summed E-state index contributed by atoms with van der Waals surface area (Å²) in [4.78, 5) is 13.3. The zero-order valence-electron chi connectivity index (χ0n) is 23.4. The Labute approximate surface area is 222 Å². The van der Waals surface area contributed by atoms with Crippen molar-refractivity contribution in [3.05, 3.63) is 11.6 Å². The van der Waals surface area contributed by atoms with Crippen LogP contribution in [0.5, 0.6) is 0 Å². The first-order valence-corrected chi connectivity index (χ1v) is 14.5. The molecule has 4 aliphatic rings. The molecule has 0 heterocycles. The second-order valence-corrected chi connectivity index (χ2v) is 14.0. The zero-order chi connectivity index (χ0) is 27.6. The summed E-state index contributed by atoms with van der Waals surface area (Å²) >= 11 is 0. The van der Waals surface area contributed by atoms with E-state index in [1.165, 1.54) is 0 Å². The minimum absolute atomic E-state index is 0.0855. The standard InChI is InChI=1S/C30H50O7/c1-6-7-11-26(2,35)12-10-25(34)29(5,36)24-9-14-30(37)19-15-21(31)20-16-22(32)23(33)17-27(20,3)18(19)8-13-28(24,30)4/h15,18,20,22-25,32-37H,6-14,16-17H2,1-5H3/t18-,20-,22+,23-,24-,25-,26+,27+,28+,29+,30+/m0/s1. The van der Waals surface area contributed by atoms with Gasteiger partial charge in [0.2, 0.25) is 0 Å². The Balaban J connectivity index is 1.59. The van der Waals surface area contributed by atoms with E-state index in [4.69, 9.17) is 0 Å². The number of allylic oxidation sites excluding steroid dienone is 1. The van der Waals surface area contributed by atoms with E-state index >= 15 is 0 Å². The van der Waals surface area contributed by atoms with Gasteiger partial charge in [-0.25, -0.2) is 0 Å². The summed E-state index contributed by atoms with van der Waals surface area (Å²) in [6.45, 7) is 9.51. The van der Waals surface area contributed by atoms with E-state index in [0.717, 1.165) is 12.8 Å². The van der Waals surface area contributed by atoms with Gasteiger partial charge in [-0.2, -0.15) is 0 Å². The highest BCUT2D eigenvalue weighted by Crippen LogP contribution is 2.68. The fourth-order valence-corrected chi connectivity index (χ4v) is 8.96. The molecule has 0 aromatic heterocycles. The number of rotatable bonds is 8. The first-order chi connectivity index (χ1) is 17.0. The number of unbranched alkanes of at least 4 members (excludes halogenated alkanes) is 1. The number of aliphatic hydroxyl groups is 6. The van der Waals surface area contributed by atoms with Gasteiger partial charge in [-0.15, -0.1) is 0 Å². The van der Waals surface area contributed by atoms with Crippen LogP contribution in [0.25, 0.3) is 0 Å². The van der Waals surface area contributed by atoms with Gasteiger partial charge in [0.15, 0.2) is 5.78 Å². The molecule has 0 aromatic rings. The predicted molar refractivity (Wildman–Crippen MR) is 140 cm³/mol. The van der Waals surface area contributed by atoms with Gasteiger partial charge in [0.05, 0.1) is 35.1 Å². The SMILES string of the molecule is CCCC[C@@](C)(O)CC[C@H](O)[C@](C)(O)[C@H]1CC[C@@]2(O)C3=CC(=O)[C@@H]4C[C@@H](O)[C@@H](O)C[C@]4(C)[C@H]3CC[C@]12C. The maximum atomic E-state index is 13.3. The number of hydrogen-bond acceptors (Lipinski definition) is 7. The summed E-state index contributed by atoms with van der Waals surface area (Å²) in [6, 6.07) is 0. The van der Waals surface area contributed by atoms with Crippen molar-refractivity contribution in [2.75, 3.05) is 0 Å². The Bertz CT molecular complexity index is 912. The fourth-order valence-electron chi connectivity index (χ4n) is 8.96. The monoisotopic (exact) mass is 522 g/mol. The normalized spacial score (nSPS) is 45.6. The molecule has 0 aromatic carbocycles. The molecule has 3 fully saturated rings. The van der Waals surface area contributed by atoms with Crippen LogP contribution < -0.4 is 0 Å². The minimum atomic E-state index is -1.47. The Hall–Kier alpha value is -0.830. The third kappa shape index (κ3) is 4.55. The zero-order valence-corrected chi connectivity index (χ0v) is 23.4. The molecular weight excluding hydrogens is 472 g/mol. The molecule has 0 unspecified atom stereocenters. The average molecular weight is 523 g/mol. The van der Waals surface area contributed by atoms with Crippen LogP contribution in [0.15, 0.2) is 11.6 Å². The molecule has 0 radical (unpaired) electrons. The summed E-state index contributed by atoms with van der Waals surface area (Å²) in [5, 5.41) is 66.7. The molecule has 0 amide bonds. The second kappa shape index (κ2) is 9.67. The van der Waals surface area contributed by atoms with Crippen LogP contribution in [-0.4, -0.2) is 71.5 Å². The number of aliphatic hydroxyl groups excluding tert-OH is 3. The molecule has 7 nitrogen and oxygen atoms in total. The number of hydrogen-bond donors (Lipinski definition) is 6. The first kappa shape index (κ1) is 29.2. The highest BCUT2D eigenvalue weighted by Gasteiger charge is 2.69. The lowest BCUT2D eigenvalue weighted by molar-refractivity contribution is -0.177. The summed E-state index contributed by atoms with van der Waals surface area (Å²) in [6.07, 6.45) is 4.73. The van der Waals surface area contributed by atoms with Crippen molar-refractivity contribution >= 4 is 5.78 Å². The number of fused-ring (bicyclic) bond motifs is 5. The second-order valence-electron chi connectivity index (χ2n) is 14.0. The van der Waals surface area contributed by atoms with Gasteiger partial charge < -0.3 is 30.6 Å². The van der Waals surface area contributed by atoms with Gasteiger partial charge in [-0.3, -0.25) is 4.79 Å². The predicted octanol–water partition coefficient (Wildman–Crippen LogP) is 3.02. The number of carbonyl (C=O) groups is 1. The van der Waals surface area contributed by atoms with E-state index in [2.05, 4.69) is 6.92 Å². The molecule has 6 N–H and O–H groups in total. The van der Waals surface area contributed by atoms with E-state index in [0.29, 0.717) is 50.5 Å². The molecule has 0 saturated heterocycles. The summed E-state index contributed by atoms with van der Waals surface area (Å²) in [7, 11) is 0. The molecule has 4 aliphatic carbocycles. The van der Waals surface area contributed by atoms with Crippen LogP contribution in [0.2, 0.25) is 0 Å². The van der Waals surface area contributed by atoms with Crippen molar-refractivity contribution in [3.8, 4) is 0 Å². The molecule has 3 saturated carbocycles. The van der Waals surface area contributed by atoms with Crippen LogP contribution in [0.1, 0.15) is 105 Å². The van der Waals surface area contributed by atoms with Crippen LogP contribution in [0.4, 0.5) is 0 Å². The Morgan fingerprint density at radius 2 is 1.73 bits per heavy atom. The van der Waals surface area contributed by atoms with Crippen LogP contribution in [0.3, 0.4) is 0 Å². The smallest absolute Gasteiger partial charge is 0.159 e. The van der Waals surface area contributed by atoms with Gasteiger partial charge in [-0.1, -0.05) is 33.6 Å². The van der Waals surface area contributed by atoms with Gasteiger partial charge in [0.1, 0.15) is 0 Å². The Morgan fingerprint density at radius 1 is 1.05 bits per heavy atom. The van der Waals surface area contributed by atoms with E-state index in [-0.39, 0.29) is 36.4 Å². The maximum absolute atomic E-state index is 13.3. The van der Waals surface area contributed by atoms with Crippen molar-refractivity contribution in [2.45, 2.75) is 140 Å². The highest BCUT2D eigenvalue weighted by atomic mass is 16.3. The van der Waals surface area contributed by atoms with Crippen LogP contribution >= 0.6 is 0 Å². The van der Waals surface area contributed by atoms with Crippen molar-refractivity contribution in [1.82, 2.24) is 0 Å². The Morgan fingerprint density at radius 3 is 2.38 bits per heavy atom. The molecule has 0 bridgehead atoms. The van der Waals surface area contributed by atoms with E-state index < -0.39 is 45.9 Å². The summed E-state index contributed by atoms with van der Waals surface area (Å²) in [5.74, 6) is -0.947. The molecule has 4 rings (SSSR count). The first-order valence-electron chi connectivity index (χ1n) is 14.5. The van der Waals surface area contributed by atoms with E-state index in [1.807, 2.05) is 13.8 Å². The third-order valence-corrected chi connectivity index (χ3v) is 11.5. The minimum Gasteiger partial charge on any atom is -0.390 e. The quantitative estimate of drug-likeness (QED) is 0.288. The van der Waals surface area contributed by atoms with E-state index in [9.17, 15) is 35.4 Å². The fraction of sp³-hybridized carbons (Fsp3) is 0.900. The Kier molecular flexibility index (Phi) is 7.62. The lowest BCUT2D eigenvalue weighted by Crippen LogP contribution is -2.62. The van der Waals surface area contributed by atoms with Crippen molar-refractivity contribution in [3.63, 3.8) is 0 Å². The number of carbonyl (C=O) groups excluding carboxylic acids is 1. The molecular formula is C30H50O7. The average Bonchev–Trinajstić information content (AvgIpc) is 3.10. The third-order valence-electron chi connectivity index (χ3n) is 11.5. The maximum Gasteiger partial charge on any atom is 0.159 e. The molecule has 7 heteroatoms. The van der Waals surface area contributed by atoms with Gasteiger partial charge >= 0.3 is 0 Å². The largest absolute Gasteiger partial charge is 0.390 e. The molecule has 0 aliphatic heterocycles. The topological polar surface area (TPSA) is 138 Å². The van der Waals surface area contributed by atoms with Gasteiger partial charge in [0, 0.05) is 11.3 Å². The van der Waals surface area contributed by atoms with Crippen molar-refractivity contribution in [2.24, 2.45) is 28.6 Å². The lowest BCUT2D eigenvalue weighted by Gasteiger charge is -2.60. The van der Waals surface area contributed by atoms with Crippen LogP contribution in [-0.2, 0) is 4.79 Å². The summed E-state index contributed by atoms with van der Waals surface area (Å²) < 4.78 is 0. The van der Waals surface area contributed by atoms with Gasteiger partial charge in [-0.05, 0) is 101 Å². The van der Waals surface area contributed by atoms with Gasteiger partial charge in [0.25, 0.3) is 0 Å². The van der Waals surface area contributed by atoms with E-state index in [1.54, 1.807) is 19.9 Å². The number of ketones is 1. The lowest BCUT2D eigenvalue weighted by atomic mass is 9.45.